The van der Waals surface area contributed by atoms with Gasteiger partial charge in [-0.05, 0) is 24.7 Å². The highest BCUT2D eigenvalue weighted by Gasteiger charge is 2.41. The second-order valence-electron chi connectivity index (χ2n) is 4.90. The van der Waals surface area contributed by atoms with E-state index in [0.717, 1.165) is 51.0 Å². The van der Waals surface area contributed by atoms with Gasteiger partial charge in [-0.25, -0.2) is 0 Å². The zero-order valence-corrected chi connectivity index (χ0v) is 8.63. The minimum Gasteiger partial charge on any atom is -0.381 e. The minimum atomic E-state index is -0.0242. The van der Waals surface area contributed by atoms with Gasteiger partial charge < -0.3 is 9.47 Å². The maximum atomic E-state index is 6.03. The number of hydrogen-bond donors (Lipinski definition) is 1. The van der Waals surface area contributed by atoms with Gasteiger partial charge in [-0.2, -0.15) is 0 Å². The molecule has 1 unspecified atom stereocenters. The van der Waals surface area contributed by atoms with Crippen molar-refractivity contribution in [3.05, 3.63) is 0 Å². The molecule has 1 atom stereocenters. The fourth-order valence-electron chi connectivity index (χ4n) is 2.59. The van der Waals surface area contributed by atoms with Crippen LogP contribution in [0.4, 0.5) is 0 Å². The van der Waals surface area contributed by atoms with Crippen LogP contribution in [0.1, 0.15) is 25.7 Å². The smallest absolute Gasteiger partial charge is 0.123 e. The van der Waals surface area contributed by atoms with Crippen LogP contribution in [0.2, 0.25) is 0 Å². The first-order valence-corrected chi connectivity index (χ1v) is 5.85. The SMILES string of the molecule is C1CC2(CCO1)NCC(C1CC1)CO2. The molecule has 0 bridgehead atoms. The summed E-state index contributed by atoms with van der Waals surface area (Å²) in [4.78, 5) is 0. The van der Waals surface area contributed by atoms with Crippen molar-refractivity contribution in [2.24, 2.45) is 11.8 Å². The van der Waals surface area contributed by atoms with Crippen LogP contribution in [0, 0.1) is 11.8 Å². The van der Waals surface area contributed by atoms with Gasteiger partial charge in [-0.3, -0.25) is 5.32 Å². The molecule has 2 aliphatic heterocycles. The average Bonchev–Trinajstić information content (AvgIpc) is 3.04. The van der Waals surface area contributed by atoms with Gasteiger partial charge in [0, 0.05) is 19.4 Å². The minimum absolute atomic E-state index is 0.0242. The summed E-state index contributed by atoms with van der Waals surface area (Å²) in [6.45, 7) is 3.82. The van der Waals surface area contributed by atoms with Crippen LogP contribution >= 0.6 is 0 Å². The molecular formula is C11H19NO2. The standard InChI is InChI=1S/C11H19NO2/c1-2-9(1)10-7-12-11(14-8-10)3-5-13-6-4-11/h9-10,12H,1-8H2. The topological polar surface area (TPSA) is 30.5 Å². The van der Waals surface area contributed by atoms with Crippen molar-refractivity contribution in [2.45, 2.75) is 31.4 Å². The Balaban J connectivity index is 1.57. The normalized spacial score (nSPS) is 37.3. The van der Waals surface area contributed by atoms with E-state index in [9.17, 15) is 0 Å². The zero-order chi connectivity index (χ0) is 9.43. The molecule has 3 aliphatic rings. The van der Waals surface area contributed by atoms with Gasteiger partial charge in [-0.1, -0.05) is 0 Å². The lowest BCUT2D eigenvalue weighted by Gasteiger charge is -2.43. The number of ether oxygens (including phenoxy) is 2. The average molecular weight is 197 g/mol. The second kappa shape index (κ2) is 3.47. The van der Waals surface area contributed by atoms with Gasteiger partial charge in [0.25, 0.3) is 0 Å². The number of rotatable bonds is 1. The Labute approximate surface area is 85.1 Å². The summed E-state index contributed by atoms with van der Waals surface area (Å²) in [5, 5.41) is 3.60. The Kier molecular flexibility index (Phi) is 2.26. The van der Waals surface area contributed by atoms with Gasteiger partial charge in [0.2, 0.25) is 0 Å². The first-order chi connectivity index (χ1) is 6.88. The molecule has 0 aromatic rings. The molecule has 1 N–H and O–H groups in total. The third-order valence-corrected chi connectivity index (χ3v) is 3.85. The third-order valence-electron chi connectivity index (χ3n) is 3.85. The molecule has 2 heterocycles. The van der Waals surface area contributed by atoms with Crippen molar-refractivity contribution >= 4 is 0 Å². The van der Waals surface area contributed by atoms with E-state index in [1.165, 1.54) is 12.8 Å². The summed E-state index contributed by atoms with van der Waals surface area (Å²) in [5.74, 6) is 1.74. The van der Waals surface area contributed by atoms with E-state index in [2.05, 4.69) is 5.32 Å². The Bertz CT molecular complexity index is 199. The lowest BCUT2D eigenvalue weighted by atomic mass is 9.97. The Morgan fingerprint density at radius 3 is 2.43 bits per heavy atom. The fraction of sp³-hybridized carbons (Fsp3) is 1.00. The molecule has 0 amide bonds. The van der Waals surface area contributed by atoms with Gasteiger partial charge >= 0.3 is 0 Å². The molecule has 3 heteroatoms. The number of hydrogen-bond acceptors (Lipinski definition) is 3. The van der Waals surface area contributed by atoms with E-state index < -0.39 is 0 Å². The molecule has 0 aromatic carbocycles. The first kappa shape index (κ1) is 9.13. The molecule has 2 saturated heterocycles. The molecule has 1 spiro atoms. The highest BCUT2D eigenvalue weighted by Crippen LogP contribution is 2.39. The summed E-state index contributed by atoms with van der Waals surface area (Å²) in [6, 6.07) is 0. The lowest BCUT2D eigenvalue weighted by Crippen LogP contribution is -2.57. The van der Waals surface area contributed by atoms with Crippen molar-refractivity contribution < 1.29 is 9.47 Å². The van der Waals surface area contributed by atoms with E-state index in [0.29, 0.717) is 0 Å². The summed E-state index contributed by atoms with van der Waals surface area (Å²) < 4.78 is 11.4. The van der Waals surface area contributed by atoms with Crippen LogP contribution in [0.25, 0.3) is 0 Å². The summed E-state index contributed by atoms with van der Waals surface area (Å²) >= 11 is 0. The van der Waals surface area contributed by atoms with E-state index in [1.807, 2.05) is 0 Å². The Hall–Kier alpha value is -0.120. The van der Waals surface area contributed by atoms with Crippen LogP contribution in [-0.4, -0.2) is 32.1 Å². The molecule has 3 rings (SSSR count). The van der Waals surface area contributed by atoms with E-state index in [-0.39, 0.29) is 5.72 Å². The van der Waals surface area contributed by atoms with Gasteiger partial charge in [-0.15, -0.1) is 0 Å². The van der Waals surface area contributed by atoms with Crippen molar-refractivity contribution in [2.75, 3.05) is 26.4 Å². The molecule has 14 heavy (non-hydrogen) atoms. The summed E-state index contributed by atoms with van der Waals surface area (Å²) in [6.07, 6.45) is 4.88. The summed E-state index contributed by atoms with van der Waals surface area (Å²) in [5.41, 5.74) is -0.0242. The third kappa shape index (κ3) is 1.69. The molecule has 0 aromatic heterocycles. The van der Waals surface area contributed by atoms with Crippen molar-refractivity contribution in [3.8, 4) is 0 Å². The van der Waals surface area contributed by atoms with Crippen LogP contribution < -0.4 is 5.32 Å². The maximum absolute atomic E-state index is 6.03. The molecule has 1 saturated carbocycles. The van der Waals surface area contributed by atoms with Crippen LogP contribution in [0.5, 0.6) is 0 Å². The maximum Gasteiger partial charge on any atom is 0.123 e. The predicted octanol–water partition coefficient (Wildman–Crippen LogP) is 1.14. The molecule has 0 radical (unpaired) electrons. The van der Waals surface area contributed by atoms with Crippen molar-refractivity contribution in [1.29, 1.82) is 0 Å². The lowest BCUT2D eigenvalue weighted by molar-refractivity contribution is -0.163. The fourth-order valence-corrected chi connectivity index (χ4v) is 2.59. The molecule has 80 valence electrons. The van der Waals surface area contributed by atoms with Crippen LogP contribution in [0.15, 0.2) is 0 Å². The molecule has 3 fully saturated rings. The first-order valence-electron chi connectivity index (χ1n) is 5.85. The zero-order valence-electron chi connectivity index (χ0n) is 8.63. The monoisotopic (exact) mass is 197 g/mol. The number of nitrogens with one attached hydrogen (secondary N) is 1. The summed E-state index contributed by atoms with van der Waals surface area (Å²) in [7, 11) is 0. The van der Waals surface area contributed by atoms with Gasteiger partial charge in [0.1, 0.15) is 5.72 Å². The molecular weight excluding hydrogens is 178 g/mol. The Morgan fingerprint density at radius 2 is 1.86 bits per heavy atom. The highest BCUT2D eigenvalue weighted by molar-refractivity contribution is 4.91. The predicted molar refractivity (Wildman–Crippen MR) is 53.0 cm³/mol. The second-order valence-corrected chi connectivity index (χ2v) is 4.90. The van der Waals surface area contributed by atoms with E-state index in [4.69, 9.17) is 9.47 Å². The van der Waals surface area contributed by atoms with Gasteiger partial charge in [0.05, 0.1) is 19.8 Å². The largest absolute Gasteiger partial charge is 0.381 e. The molecule has 3 nitrogen and oxygen atoms in total. The Morgan fingerprint density at radius 1 is 1.07 bits per heavy atom. The molecule has 1 aliphatic carbocycles. The van der Waals surface area contributed by atoms with Crippen molar-refractivity contribution in [1.82, 2.24) is 5.32 Å². The van der Waals surface area contributed by atoms with Gasteiger partial charge in [0.15, 0.2) is 0 Å². The highest BCUT2D eigenvalue weighted by atomic mass is 16.5. The van der Waals surface area contributed by atoms with Crippen LogP contribution in [0.3, 0.4) is 0 Å². The van der Waals surface area contributed by atoms with E-state index >= 15 is 0 Å². The van der Waals surface area contributed by atoms with Crippen LogP contribution in [-0.2, 0) is 9.47 Å². The van der Waals surface area contributed by atoms with E-state index in [1.54, 1.807) is 0 Å². The van der Waals surface area contributed by atoms with Crippen molar-refractivity contribution in [3.63, 3.8) is 0 Å². The quantitative estimate of drug-likeness (QED) is 0.683.